The Bertz CT molecular complexity index is 1650. The van der Waals surface area contributed by atoms with Crippen LogP contribution in [0.4, 0.5) is 0 Å². The number of nitriles is 1. The minimum Gasteiger partial charge on any atom is -0.387 e. The number of rotatable bonds is 9. The van der Waals surface area contributed by atoms with E-state index in [9.17, 15) is 15.2 Å². The fourth-order valence-electron chi connectivity index (χ4n) is 6.72. The molecule has 2 aliphatic rings. The molecule has 1 N–H and O–H groups in total. The topological polar surface area (TPSA) is 105 Å². The second kappa shape index (κ2) is 11.8. The lowest BCUT2D eigenvalue weighted by Gasteiger charge is -2.43. The fourth-order valence-corrected chi connectivity index (χ4v) is 6.72. The van der Waals surface area contributed by atoms with Crippen molar-refractivity contribution in [2.75, 3.05) is 0 Å². The molecule has 1 unspecified atom stereocenters. The fraction of sp³-hybridized carbons (Fsp3) is 0.471. The van der Waals surface area contributed by atoms with Crippen LogP contribution in [-0.4, -0.2) is 42.1 Å². The molecule has 0 saturated heterocycles. The predicted octanol–water partition coefficient (Wildman–Crippen LogP) is 5.78. The summed E-state index contributed by atoms with van der Waals surface area (Å²) in [4.78, 5) is 18.8. The van der Waals surface area contributed by atoms with Crippen LogP contribution in [0, 0.1) is 11.3 Å². The van der Waals surface area contributed by atoms with Crippen LogP contribution in [0.25, 0.3) is 16.9 Å². The van der Waals surface area contributed by atoms with E-state index >= 15 is 0 Å². The number of aryl methyl sites for hydroxylation is 1. The second-order valence-electron chi connectivity index (χ2n) is 12.0. The summed E-state index contributed by atoms with van der Waals surface area (Å²) in [6.07, 6.45) is 9.60. The Morgan fingerprint density at radius 2 is 1.86 bits per heavy atom. The zero-order valence-electron chi connectivity index (χ0n) is 24.5. The van der Waals surface area contributed by atoms with E-state index in [0.29, 0.717) is 17.8 Å². The molecule has 4 aromatic rings. The summed E-state index contributed by atoms with van der Waals surface area (Å²) in [5.41, 5.74) is 4.58. The molecule has 2 aromatic carbocycles. The summed E-state index contributed by atoms with van der Waals surface area (Å²) in [5.74, 6) is 0.608. The highest BCUT2D eigenvalue weighted by atomic mass is 16.5. The molecule has 8 heteroatoms. The summed E-state index contributed by atoms with van der Waals surface area (Å²) in [6.45, 7) is 4.10. The third kappa shape index (κ3) is 5.28. The Kier molecular flexibility index (Phi) is 7.98. The van der Waals surface area contributed by atoms with Crippen molar-refractivity contribution in [1.82, 2.24) is 19.2 Å². The Morgan fingerprint density at radius 3 is 2.52 bits per heavy atom. The molecule has 0 amide bonds. The number of nitrogens with zero attached hydrogens (tertiary/aromatic N) is 5. The minimum absolute atomic E-state index is 0.0133. The van der Waals surface area contributed by atoms with E-state index in [0.717, 1.165) is 85.7 Å². The van der Waals surface area contributed by atoms with Crippen LogP contribution in [-0.2, 0) is 17.6 Å². The van der Waals surface area contributed by atoms with Crippen LogP contribution in [0.1, 0.15) is 93.6 Å². The molecule has 2 heterocycles. The average molecular weight is 566 g/mol. The lowest BCUT2D eigenvalue weighted by molar-refractivity contribution is -0.167. The highest BCUT2D eigenvalue weighted by Gasteiger charge is 2.42. The largest absolute Gasteiger partial charge is 0.387 e. The van der Waals surface area contributed by atoms with Gasteiger partial charge in [0, 0.05) is 18.0 Å². The summed E-state index contributed by atoms with van der Waals surface area (Å²) in [7, 11) is 0. The number of fused-ring (bicyclic) bond motifs is 1. The maximum absolute atomic E-state index is 14.3. The molecule has 2 aromatic heterocycles. The van der Waals surface area contributed by atoms with Gasteiger partial charge in [-0.05, 0) is 81.0 Å². The van der Waals surface area contributed by atoms with E-state index in [1.54, 1.807) is 6.33 Å². The number of aliphatic hydroxyl groups is 1. The lowest BCUT2D eigenvalue weighted by atomic mass is 9.76. The molecular formula is C34H39N5O3. The van der Waals surface area contributed by atoms with Crippen molar-refractivity contribution >= 4 is 5.78 Å². The molecule has 0 radical (unpaired) electrons. The number of benzene rings is 2. The third-order valence-corrected chi connectivity index (χ3v) is 9.39. The van der Waals surface area contributed by atoms with Gasteiger partial charge in [0.2, 0.25) is 5.78 Å². The predicted molar refractivity (Wildman–Crippen MR) is 161 cm³/mol. The molecule has 0 spiro atoms. The quantitative estimate of drug-likeness (QED) is 0.276. The van der Waals surface area contributed by atoms with Gasteiger partial charge in [0.05, 0.1) is 35.1 Å². The van der Waals surface area contributed by atoms with Crippen molar-refractivity contribution in [2.24, 2.45) is 0 Å². The lowest BCUT2D eigenvalue weighted by Crippen LogP contribution is -2.49. The van der Waals surface area contributed by atoms with Gasteiger partial charge in [-0.1, -0.05) is 55.8 Å². The van der Waals surface area contributed by atoms with Gasteiger partial charge in [-0.25, -0.2) is 4.52 Å². The van der Waals surface area contributed by atoms with Crippen LogP contribution in [0.3, 0.4) is 0 Å². The maximum atomic E-state index is 14.3. The van der Waals surface area contributed by atoms with Crippen LogP contribution < -0.4 is 5.56 Å². The first-order valence-electron chi connectivity index (χ1n) is 15.3. The Hall–Kier alpha value is -3.80. The van der Waals surface area contributed by atoms with Gasteiger partial charge in [-0.3, -0.25) is 9.36 Å². The molecule has 2 aliphatic carbocycles. The molecule has 0 aliphatic heterocycles. The maximum Gasteiger partial charge on any atom is 0.259 e. The van der Waals surface area contributed by atoms with E-state index in [1.807, 2.05) is 64.5 Å². The Labute approximate surface area is 246 Å². The van der Waals surface area contributed by atoms with Crippen molar-refractivity contribution in [1.29, 1.82) is 5.26 Å². The first-order valence-corrected chi connectivity index (χ1v) is 15.3. The third-order valence-electron chi connectivity index (χ3n) is 9.39. The monoisotopic (exact) mass is 565 g/mol. The van der Waals surface area contributed by atoms with Crippen LogP contribution in [0.15, 0.2) is 59.7 Å². The van der Waals surface area contributed by atoms with Crippen molar-refractivity contribution in [3.05, 3.63) is 87.6 Å². The summed E-state index contributed by atoms with van der Waals surface area (Å²) < 4.78 is 10.0. The van der Waals surface area contributed by atoms with E-state index in [-0.39, 0.29) is 23.8 Å². The Morgan fingerprint density at radius 1 is 1.12 bits per heavy atom. The van der Waals surface area contributed by atoms with Crippen molar-refractivity contribution in [3.8, 4) is 17.2 Å². The SMILES string of the molecule is CCCc1c(Cc2ccc(-c3ccccc3C#N)cc2)c(=O)n([C@H]2CC[C@@H](OC(C)C3(O)CCC3)CC2)c2ncnn12. The van der Waals surface area contributed by atoms with Gasteiger partial charge in [0.1, 0.15) is 6.33 Å². The van der Waals surface area contributed by atoms with Gasteiger partial charge < -0.3 is 9.84 Å². The molecule has 2 fully saturated rings. The van der Waals surface area contributed by atoms with E-state index in [2.05, 4.69) is 23.1 Å². The first kappa shape index (κ1) is 28.3. The van der Waals surface area contributed by atoms with E-state index < -0.39 is 5.60 Å². The van der Waals surface area contributed by atoms with Crippen LogP contribution >= 0.6 is 0 Å². The normalized spacial score (nSPS) is 20.6. The van der Waals surface area contributed by atoms with E-state index in [1.165, 1.54) is 0 Å². The van der Waals surface area contributed by atoms with Gasteiger partial charge in [-0.15, -0.1) is 0 Å². The summed E-state index contributed by atoms with van der Waals surface area (Å²) in [6, 6.07) is 18.0. The summed E-state index contributed by atoms with van der Waals surface area (Å²) >= 11 is 0. The van der Waals surface area contributed by atoms with Gasteiger partial charge >= 0.3 is 0 Å². The number of hydrogen-bond acceptors (Lipinski definition) is 6. The molecule has 2 saturated carbocycles. The molecule has 6 rings (SSSR count). The highest BCUT2D eigenvalue weighted by molar-refractivity contribution is 5.70. The number of hydrogen-bond donors (Lipinski definition) is 1. The second-order valence-corrected chi connectivity index (χ2v) is 12.0. The molecule has 0 bridgehead atoms. The average Bonchev–Trinajstić information content (AvgIpc) is 3.48. The van der Waals surface area contributed by atoms with Crippen molar-refractivity contribution in [3.63, 3.8) is 0 Å². The van der Waals surface area contributed by atoms with Crippen LogP contribution in [0.2, 0.25) is 0 Å². The number of aromatic nitrogens is 4. The zero-order valence-corrected chi connectivity index (χ0v) is 24.5. The molecule has 218 valence electrons. The minimum atomic E-state index is -0.678. The van der Waals surface area contributed by atoms with Gasteiger partial charge in [-0.2, -0.15) is 15.3 Å². The molecule has 1 atom stereocenters. The van der Waals surface area contributed by atoms with Crippen molar-refractivity contribution < 1.29 is 9.84 Å². The number of ether oxygens (including phenoxy) is 1. The molecule has 42 heavy (non-hydrogen) atoms. The van der Waals surface area contributed by atoms with Crippen LogP contribution in [0.5, 0.6) is 0 Å². The first-order chi connectivity index (χ1) is 20.4. The standard InChI is InChI=1S/C34H39N5O3/c1-3-7-31-30(20-24-10-12-25(13-11-24)29-9-5-4-8-26(29)21-35)32(40)38(33-36-22-37-39(31)33)27-14-16-28(17-15-27)42-23(2)34(41)18-6-19-34/h4-5,8-13,22-23,27-28,41H,3,6-7,14-20H2,1-2H3/t23?,27-,28+. The zero-order chi connectivity index (χ0) is 29.3. The highest BCUT2D eigenvalue weighted by Crippen LogP contribution is 2.38. The smallest absolute Gasteiger partial charge is 0.259 e. The van der Waals surface area contributed by atoms with Crippen molar-refractivity contribution in [2.45, 2.75) is 102 Å². The van der Waals surface area contributed by atoms with Gasteiger partial charge in [0.15, 0.2) is 0 Å². The molecular weight excluding hydrogens is 526 g/mol. The summed E-state index contributed by atoms with van der Waals surface area (Å²) in [5, 5.41) is 24.8. The molecule has 8 nitrogen and oxygen atoms in total. The Balaban J connectivity index is 1.28. The van der Waals surface area contributed by atoms with Gasteiger partial charge in [0.25, 0.3) is 5.56 Å². The van der Waals surface area contributed by atoms with E-state index in [4.69, 9.17) is 4.74 Å².